The van der Waals surface area contributed by atoms with E-state index in [1.54, 1.807) is 36.4 Å². The fourth-order valence-electron chi connectivity index (χ4n) is 2.39. The van der Waals surface area contributed by atoms with E-state index < -0.39 is 11.2 Å². The summed E-state index contributed by atoms with van der Waals surface area (Å²) in [5, 5.41) is 4.67. The second-order valence-electron chi connectivity index (χ2n) is 5.08. The van der Waals surface area contributed by atoms with Crippen molar-refractivity contribution in [3.8, 4) is 11.5 Å². The lowest BCUT2D eigenvalue weighted by atomic mass is 10.2. The molecule has 0 aliphatic rings. The summed E-state index contributed by atoms with van der Waals surface area (Å²) >= 11 is 6.13. The number of H-pyrrole nitrogens is 1. The normalized spacial score (nSPS) is 11.2. The van der Waals surface area contributed by atoms with Crippen molar-refractivity contribution in [3.05, 3.63) is 67.8 Å². The third-order valence-corrected chi connectivity index (χ3v) is 3.84. The molecule has 3 aromatic rings. The number of hydrogen-bond donors (Lipinski definition) is 1. The second kappa shape index (κ2) is 6.82. The highest BCUT2D eigenvalue weighted by Crippen LogP contribution is 2.35. The first-order valence-corrected chi connectivity index (χ1v) is 7.63. The Morgan fingerprint density at radius 3 is 2.64 bits per heavy atom. The van der Waals surface area contributed by atoms with E-state index in [0.717, 1.165) is 4.68 Å². The fraction of sp³-hybridized carbons (Fsp3) is 0.118. The predicted octanol–water partition coefficient (Wildman–Crippen LogP) is 2.24. The summed E-state index contributed by atoms with van der Waals surface area (Å²) in [4.78, 5) is 27.1. The van der Waals surface area contributed by atoms with Crippen LogP contribution in [-0.4, -0.2) is 30.1 Å². The SMILES string of the molecule is COc1cc(C=Nn2c(=O)[nH]c3ccccc3c2=O)cc(Cl)c1OC. The molecule has 0 atom stereocenters. The molecule has 25 heavy (non-hydrogen) atoms. The summed E-state index contributed by atoms with van der Waals surface area (Å²) in [6.45, 7) is 0. The summed E-state index contributed by atoms with van der Waals surface area (Å²) in [5.74, 6) is 0.804. The largest absolute Gasteiger partial charge is 0.493 e. The van der Waals surface area contributed by atoms with Crippen molar-refractivity contribution in [2.45, 2.75) is 0 Å². The number of aromatic amines is 1. The first kappa shape index (κ1) is 16.8. The monoisotopic (exact) mass is 359 g/mol. The summed E-state index contributed by atoms with van der Waals surface area (Å²) in [5.41, 5.74) is -0.145. The van der Waals surface area contributed by atoms with Gasteiger partial charge in [-0.2, -0.15) is 5.10 Å². The van der Waals surface area contributed by atoms with Gasteiger partial charge in [0.15, 0.2) is 11.5 Å². The molecule has 1 aromatic heterocycles. The van der Waals surface area contributed by atoms with Gasteiger partial charge in [0.2, 0.25) is 0 Å². The Bertz CT molecular complexity index is 1090. The van der Waals surface area contributed by atoms with Crippen LogP contribution >= 0.6 is 11.6 Å². The van der Waals surface area contributed by atoms with Crippen molar-refractivity contribution >= 4 is 28.7 Å². The third-order valence-electron chi connectivity index (χ3n) is 3.56. The number of benzene rings is 2. The average Bonchev–Trinajstić information content (AvgIpc) is 2.61. The Balaban J connectivity index is 2.09. The number of halogens is 1. The summed E-state index contributed by atoms with van der Waals surface area (Å²) in [6, 6.07) is 9.94. The predicted molar refractivity (Wildman–Crippen MR) is 96.4 cm³/mol. The van der Waals surface area contributed by atoms with Crippen molar-refractivity contribution in [1.82, 2.24) is 9.66 Å². The van der Waals surface area contributed by atoms with Crippen LogP contribution in [0.15, 0.2) is 51.1 Å². The highest BCUT2D eigenvalue weighted by Gasteiger charge is 2.10. The molecule has 0 saturated heterocycles. The van der Waals surface area contributed by atoms with E-state index in [-0.39, 0.29) is 0 Å². The van der Waals surface area contributed by atoms with Crippen LogP contribution < -0.4 is 20.7 Å². The molecular formula is C17H14ClN3O4. The lowest BCUT2D eigenvalue weighted by molar-refractivity contribution is 0.355. The summed E-state index contributed by atoms with van der Waals surface area (Å²) in [7, 11) is 2.96. The van der Waals surface area contributed by atoms with Crippen molar-refractivity contribution in [2.75, 3.05) is 14.2 Å². The molecule has 8 heteroatoms. The van der Waals surface area contributed by atoms with Crippen LogP contribution in [0.2, 0.25) is 5.02 Å². The molecule has 0 bridgehead atoms. The molecule has 1 heterocycles. The standard InChI is InChI=1S/C17H14ClN3O4/c1-24-14-8-10(7-12(18)15(14)25-2)9-19-21-16(22)11-5-3-4-6-13(11)20-17(21)23/h3-9H,1-2H3,(H,20,23). The van der Waals surface area contributed by atoms with Gasteiger partial charge in [0, 0.05) is 0 Å². The minimum absolute atomic E-state index is 0.322. The Labute approximate surface area is 147 Å². The van der Waals surface area contributed by atoms with Gasteiger partial charge in [-0.1, -0.05) is 23.7 Å². The van der Waals surface area contributed by atoms with E-state index in [2.05, 4.69) is 10.1 Å². The number of nitrogens with zero attached hydrogens (tertiary/aromatic N) is 2. The highest BCUT2D eigenvalue weighted by molar-refractivity contribution is 6.32. The molecule has 0 radical (unpaired) electrons. The highest BCUT2D eigenvalue weighted by atomic mass is 35.5. The Morgan fingerprint density at radius 2 is 1.92 bits per heavy atom. The maximum Gasteiger partial charge on any atom is 0.349 e. The Kier molecular flexibility index (Phi) is 4.58. The van der Waals surface area contributed by atoms with E-state index in [9.17, 15) is 9.59 Å². The van der Waals surface area contributed by atoms with Crippen molar-refractivity contribution in [1.29, 1.82) is 0 Å². The number of para-hydroxylation sites is 1. The van der Waals surface area contributed by atoms with Crippen molar-refractivity contribution < 1.29 is 9.47 Å². The van der Waals surface area contributed by atoms with Crippen LogP contribution in [0.3, 0.4) is 0 Å². The van der Waals surface area contributed by atoms with Gasteiger partial charge in [-0.05, 0) is 29.8 Å². The van der Waals surface area contributed by atoms with E-state index in [4.69, 9.17) is 21.1 Å². The minimum atomic E-state index is -0.633. The number of hydrogen-bond acceptors (Lipinski definition) is 5. The number of aromatic nitrogens is 2. The third kappa shape index (κ3) is 3.14. The first-order chi connectivity index (χ1) is 12.0. The Hall–Kier alpha value is -3.06. The van der Waals surface area contributed by atoms with Crippen molar-refractivity contribution in [2.24, 2.45) is 5.10 Å². The van der Waals surface area contributed by atoms with Crippen LogP contribution in [0.25, 0.3) is 10.9 Å². The van der Waals surface area contributed by atoms with E-state index in [1.165, 1.54) is 20.4 Å². The molecule has 0 saturated carbocycles. The zero-order chi connectivity index (χ0) is 18.0. The molecule has 128 valence electrons. The number of ether oxygens (including phenoxy) is 2. The molecule has 3 rings (SSSR count). The molecule has 0 fully saturated rings. The number of methoxy groups -OCH3 is 2. The zero-order valence-corrected chi connectivity index (χ0v) is 14.2. The van der Waals surface area contributed by atoms with Gasteiger partial charge in [-0.3, -0.25) is 4.79 Å². The van der Waals surface area contributed by atoms with Crippen LogP contribution in [0.5, 0.6) is 11.5 Å². The summed E-state index contributed by atoms with van der Waals surface area (Å²) < 4.78 is 11.1. The number of fused-ring (bicyclic) bond motifs is 1. The number of nitrogens with one attached hydrogen (secondary N) is 1. The topological polar surface area (TPSA) is 85.7 Å². The molecule has 7 nitrogen and oxygen atoms in total. The van der Waals surface area contributed by atoms with E-state index in [0.29, 0.717) is 33.0 Å². The van der Waals surface area contributed by atoms with E-state index in [1.807, 2.05) is 0 Å². The van der Waals surface area contributed by atoms with Crippen molar-refractivity contribution in [3.63, 3.8) is 0 Å². The molecule has 0 unspecified atom stereocenters. The van der Waals surface area contributed by atoms with Crippen LogP contribution in [-0.2, 0) is 0 Å². The molecule has 1 N–H and O–H groups in total. The number of rotatable bonds is 4. The van der Waals surface area contributed by atoms with Crippen LogP contribution in [0.4, 0.5) is 0 Å². The maximum atomic E-state index is 12.4. The first-order valence-electron chi connectivity index (χ1n) is 7.25. The Morgan fingerprint density at radius 1 is 1.16 bits per heavy atom. The van der Waals surface area contributed by atoms with E-state index >= 15 is 0 Å². The van der Waals surface area contributed by atoms with Gasteiger partial charge in [-0.15, -0.1) is 4.68 Å². The minimum Gasteiger partial charge on any atom is -0.493 e. The van der Waals surface area contributed by atoms with Gasteiger partial charge in [-0.25, -0.2) is 4.79 Å². The fourth-order valence-corrected chi connectivity index (χ4v) is 2.69. The van der Waals surface area contributed by atoms with Gasteiger partial charge >= 0.3 is 5.69 Å². The average molecular weight is 360 g/mol. The smallest absolute Gasteiger partial charge is 0.349 e. The van der Waals surface area contributed by atoms with Crippen LogP contribution in [0, 0.1) is 0 Å². The quantitative estimate of drug-likeness (QED) is 0.724. The van der Waals surface area contributed by atoms with Gasteiger partial charge < -0.3 is 14.5 Å². The zero-order valence-electron chi connectivity index (χ0n) is 13.4. The van der Waals surface area contributed by atoms with Gasteiger partial charge in [0.1, 0.15) is 0 Å². The second-order valence-corrected chi connectivity index (χ2v) is 5.48. The molecule has 0 amide bonds. The molecule has 2 aromatic carbocycles. The maximum absolute atomic E-state index is 12.4. The molecular weight excluding hydrogens is 346 g/mol. The summed E-state index contributed by atoms with van der Waals surface area (Å²) in [6.07, 6.45) is 1.35. The lowest BCUT2D eigenvalue weighted by Gasteiger charge is -2.09. The molecule has 0 aliphatic carbocycles. The van der Waals surface area contributed by atoms with Gasteiger partial charge in [0.25, 0.3) is 5.56 Å². The molecule has 0 spiro atoms. The lowest BCUT2D eigenvalue weighted by Crippen LogP contribution is -2.32. The van der Waals surface area contributed by atoms with Gasteiger partial charge in [0.05, 0.1) is 36.4 Å². The van der Waals surface area contributed by atoms with Crippen LogP contribution in [0.1, 0.15) is 5.56 Å². The molecule has 0 aliphatic heterocycles.